The highest BCUT2D eigenvalue weighted by atomic mass is 35.5. The zero-order valence-electron chi connectivity index (χ0n) is 9.76. The zero-order valence-corrected chi connectivity index (χ0v) is 11.4. The number of nitrogens with zero attached hydrogens (tertiary/aromatic N) is 1. The number of hydrogen-bond donors (Lipinski definition) is 1. The van der Waals surface area contributed by atoms with E-state index in [0.29, 0.717) is 11.6 Å². The van der Waals surface area contributed by atoms with Crippen LogP contribution in [-0.4, -0.2) is 17.3 Å². The van der Waals surface area contributed by atoms with E-state index in [2.05, 4.69) is 12.6 Å². The first-order valence-corrected chi connectivity index (χ1v) is 6.75. The average Bonchev–Trinajstić information content (AvgIpc) is 2.29. The monoisotopic (exact) mass is 287 g/mol. The number of benzene rings is 1. The van der Waals surface area contributed by atoms with Crippen LogP contribution < -0.4 is 4.74 Å². The first-order valence-electron chi connectivity index (χ1n) is 5.74. The summed E-state index contributed by atoms with van der Waals surface area (Å²) in [5, 5.41) is 11.2. The van der Waals surface area contributed by atoms with Gasteiger partial charge >= 0.3 is 5.69 Å². The lowest BCUT2D eigenvalue weighted by atomic mass is 9.71. The van der Waals surface area contributed by atoms with E-state index in [0.717, 1.165) is 18.6 Å². The van der Waals surface area contributed by atoms with Gasteiger partial charge in [-0.2, -0.15) is 12.6 Å². The molecule has 1 aromatic rings. The highest BCUT2D eigenvalue weighted by molar-refractivity contribution is 7.80. The van der Waals surface area contributed by atoms with Crippen LogP contribution in [0.15, 0.2) is 18.2 Å². The third-order valence-corrected chi connectivity index (χ3v) is 4.31. The predicted octanol–water partition coefficient (Wildman–Crippen LogP) is 3.73. The molecule has 0 bridgehead atoms. The molecule has 0 amide bonds. The molecule has 0 spiro atoms. The molecule has 2 rings (SSSR count). The Morgan fingerprint density at radius 1 is 1.50 bits per heavy atom. The van der Waals surface area contributed by atoms with Gasteiger partial charge in [0.25, 0.3) is 0 Å². The van der Waals surface area contributed by atoms with Gasteiger partial charge in [0.05, 0.1) is 11.5 Å². The Bertz CT molecular complexity index is 457. The Morgan fingerprint density at radius 2 is 2.22 bits per heavy atom. The Hall–Kier alpha value is -0.940. The van der Waals surface area contributed by atoms with Crippen molar-refractivity contribution in [3.05, 3.63) is 33.3 Å². The summed E-state index contributed by atoms with van der Waals surface area (Å²) in [6.07, 6.45) is 3.31. The van der Waals surface area contributed by atoms with Crippen molar-refractivity contribution in [3.8, 4) is 5.75 Å². The van der Waals surface area contributed by atoms with E-state index in [1.165, 1.54) is 12.5 Å². The highest BCUT2D eigenvalue weighted by Crippen LogP contribution is 2.42. The van der Waals surface area contributed by atoms with Crippen LogP contribution in [0.2, 0.25) is 5.02 Å². The van der Waals surface area contributed by atoms with E-state index in [1.807, 2.05) is 0 Å². The summed E-state index contributed by atoms with van der Waals surface area (Å²) in [4.78, 5) is 10.4. The van der Waals surface area contributed by atoms with Crippen LogP contribution in [0, 0.1) is 15.5 Å². The minimum absolute atomic E-state index is 0.0800. The van der Waals surface area contributed by atoms with E-state index in [-0.39, 0.29) is 16.9 Å². The molecule has 1 aromatic carbocycles. The molecule has 0 aromatic heterocycles. The van der Waals surface area contributed by atoms with Gasteiger partial charge in [-0.15, -0.1) is 0 Å². The minimum atomic E-state index is -0.477. The van der Waals surface area contributed by atoms with Crippen LogP contribution in [0.5, 0.6) is 5.75 Å². The van der Waals surface area contributed by atoms with Crippen LogP contribution in [0.4, 0.5) is 5.69 Å². The maximum absolute atomic E-state index is 10.9. The summed E-state index contributed by atoms with van der Waals surface area (Å²) in [6.45, 7) is 0.471. The summed E-state index contributed by atoms with van der Waals surface area (Å²) in [6, 6.07) is 4.45. The second kappa shape index (κ2) is 5.36. The van der Waals surface area contributed by atoms with Gasteiger partial charge in [0.2, 0.25) is 0 Å². The third-order valence-electron chi connectivity index (χ3n) is 3.40. The fourth-order valence-corrected chi connectivity index (χ4v) is 2.58. The Balaban J connectivity index is 2.11. The smallest absolute Gasteiger partial charge is 0.312 e. The maximum Gasteiger partial charge on any atom is 0.312 e. The Labute approximate surface area is 116 Å². The molecule has 0 radical (unpaired) electrons. The lowest BCUT2D eigenvalue weighted by Gasteiger charge is -2.40. The van der Waals surface area contributed by atoms with Gasteiger partial charge in [-0.25, -0.2) is 0 Å². The van der Waals surface area contributed by atoms with Crippen LogP contribution >= 0.6 is 24.2 Å². The van der Waals surface area contributed by atoms with Crippen LogP contribution in [0.3, 0.4) is 0 Å². The summed E-state index contributed by atoms with van der Waals surface area (Å²) < 4.78 is 5.60. The van der Waals surface area contributed by atoms with Gasteiger partial charge < -0.3 is 4.74 Å². The van der Waals surface area contributed by atoms with Crippen molar-refractivity contribution in [1.82, 2.24) is 0 Å². The van der Waals surface area contributed by atoms with Crippen molar-refractivity contribution < 1.29 is 9.66 Å². The van der Waals surface area contributed by atoms with E-state index in [4.69, 9.17) is 16.3 Å². The molecule has 0 saturated heterocycles. The molecule has 0 N–H and O–H groups in total. The second-order valence-electron chi connectivity index (χ2n) is 4.67. The second-order valence-corrected chi connectivity index (χ2v) is 5.42. The van der Waals surface area contributed by atoms with E-state index in [1.54, 1.807) is 12.1 Å². The molecule has 98 valence electrons. The van der Waals surface area contributed by atoms with E-state index < -0.39 is 4.92 Å². The quantitative estimate of drug-likeness (QED) is 0.510. The zero-order chi connectivity index (χ0) is 13.2. The summed E-state index contributed by atoms with van der Waals surface area (Å²) >= 11 is 10.1. The van der Waals surface area contributed by atoms with Crippen LogP contribution in [0.1, 0.15) is 19.3 Å². The van der Waals surface area contributed by atoms with E-state index in [9.17, 15) is 10.1 Å². The number of rotatable bonds is 5. The maximum atomic E-state index is 10.9. The number of hydrogen-bond acceptors (Lipinski definition) is 4. The molecule has 0 unspecified atom stereocenters. The van der Waals surface area contributed by atoms with Crippen molar-refractivity contribution >= 4 is 29.9 Å². The normalized spacial score (nSPS) is 17.0. The highest BCUT2D eigenvalue weighted by Gasteiger charge is 2.37. The molecule has 1 fully saturated rings. The van der Waals surface area contributed by atoms with Gasteiger partial charge in [0, 0.05) is 16.5 Å². The Kier molecular flexibility index (Phi) is 4.02. The summed E-state index contributed by atoms with van der Waals surface area (Å²) in [5.41, 5.74) is -0.00693. The Morgan fingerprint density at radius 3 is 2.72 bits per heavy atom. The number of thiol groups is 1. The molecule has 6 heteroatoms. The van der Waals surface area contributed by atoms with Gasteiger partial charge in [-0.3, -0.25) is 10.1 Å². The summed E-state index contributed by atoms with van der Waals surface area (Å²) in [7, 11) is 0. The molecule has 0 heterocycles. The van der Waals surface area contributed by atoms with Crippen LogP contribution in [0.25, 0.3) is 0 Å². The molecule has 0 aliphatic heterocycles. The van der Waals surface area contributed by atoms with Gasteiger partial charge in [0.15, 0.2) is 5.75 Å². The number of nitro groups is 1. The number of nitro benzene ring substituents is 1. The van der Waals surface area contributed by atoms with Crippen molar-refractivity contribution in [2.45, 2.75) is 19.3 Å². The summed E-state index contributed by atoms with van der Waals surface area (Å²) in [5.74, 6) is 1.02. The minimum Gasteiger partial charge on any atom is -0.486 e. The molecule has 1 aliphatic carbocycles. The van der Waals surface area contributed by atoms with Gasteiger partial charge in [0.1, 0.15) is 0 Å². The molecular formula is C12H14ClNO3S. The fourth-order valence-electron chi connectivity index (χ4n) is 2.01. The molecular weight excluding hydrogens is 274 g/mol. The molecule has 18 heavy (non-hydrogen) atoms. The molecule has 4 nitrogen and oxygen atoms in total. The van der Waals surface area contributed by atoms with Crippen molar-refractivity contribution in [1.29, 1.82) is 0 Å². The molecule has 0 atom stereocenters. The fraction of sp³-hybridized carbons (Fsp3) is 0.500. The first-order chi connectivity index (χ1) is 8.56. The lowest BCUT2D eigenvalue weighted by Crippen LogP contribution is -2.37. The molecule has 1 aliphatic rings. The number of ether oxygens (including phenoxy) is 1. The predicted molar refractivity (Wildman–Crippen MR) is 73.7 cm³/mol. The topological polar surface area (TPSA) is 52.4 Å². The lowest BCUT2D eigenvalue weighted by molar-refractivity contribution is -0.386. The first kappa shape index (κ1) is 13.5. The van der Waals surface area contributed by atoms with Gasteiger partial charge in [-0.1, -0.05) is 18.0 Å². The molecule has 1 saturated carbocycles. The van der Waals surface area contributed by atoms with Crippen molar-refractivity contribution in [2.75, 3.05) is 12.4 Å². The average molecular weight is 288 g/mol. The third kappa shape index (κ3) is 2.72. The van der Waals surface area contributed by atoms with E-state index >= 15 is 0 Å². The number of halogens is 1. The van der Waals surface area contributed by atoms with Crippen molar-refractivity contribution in [3.63, 3.8) is 0 Å². The standard InChI is InChI=1S/C12H14ClNO3S/c13-9-2-3-11(10(6-9)14(15)16)17-7-12(8-18)4-1-5-12/h2-3,6,18H,1,4-5,7-8H2. The van der Waals surface area contributed by atoms with Crippen LogP contribution in [-0.2, 0) is 0 Å². The largest absolute Gasteiger partial charge is 0.486 e. The van der Waals surface area contributed by atoms with Crippen molar-refractivity contribution in [2.24, 2.45) is 5.41 Å². The SMILES string of the molecule is O=[N+]([O-])c1cc(Cl)ccc1OCC1(CS)CCC1. The van der Waals surface area contributed by atoms with Gasteiger partial charge in [-0.05, 0) is 30.7 Å².